The Morgan fingerprint density at radius 2 is 2.27 bits per heavy atom. The minimum atomic E-state index is 0.357. The number of amidine groups is 1. The maximum Gasteiger partial charge on any atom is 0.282 e. The Bertz CT molecular complexity index is 175. The molecular formula is C8H14N2O. The third-order valence-corrected chi connectivity index (χ3v) is 2.34. The molecule has 62 valence electrons. The number of nitrogens with two attached hydrogens (primary N) is 1. The lowest BCUT2D eigenvalue weighted by Crippen LogP contribution is -2.10. The smallest absolute Gasteiger partial charge is 0.282 e. The summed E-state index contributed by atoms with van der Waals surface area (Å²) in [5.41, 5.74) is 5.37. The Morgan fingerprint density at radius 3 is 2.82 bits per heavy atom. The van der Waals surface area contributed by atoms with Crippen LogP contribution < -0.4 is 5.73 Å². The van der Waals surface area contributed by atoms with Crippen molar-refractivity contribution in [2.45, 2.75) is 31.7 Å². The highest BCUT2D eigenvalue weighted by atomic mass is 16.5. The fraction of sp³-hybridized carbons (Fsp3) is 0.875. The van der Waals surface area contributed by atoms with Crippen LogP contribution in [-0.2, 0) is 4.74 Å². The van der Waals surface area contributed by atoms with Gasteiger partial charge < -0.3 is 10.5 Å². The van der Waals surface area contributed by atoms with Crippen LogP contribution in [0.15, 0.2) is 4.99 Å². The van der Waals surface area contributed by atoms with Gasteiger partial charge in [0.2, 0.25) is 0 Å². The van der Waals surface area contributed by atoms with Gasteiger partial charge in [-0.2, -0.15) is 0 Å². The second-order valence-corrected chi connectivity index (χ2v) is 3.45. The number of aliphatic imine (C=N–C) groups is 1. The second kappa shape index (κ2) is 2.72. The molecule has 1 aliphatic carbocycles. The van der Waals surface area contributed by atoms with Gasteiger partial charge in [0.25, 0.3) is 6.02 Å². The number of rotatable bonds is 3. The molecule has 0 aromatic rings. The van der Waals surface area contributed by atoms with Crippen LogP contribution in [-0.4, -0.2) is 18.7 Å². The quantitative estimate of drug-likeness (QED) is 0.656. The first-order valence-corrected chi connectivity index (χ1v) is 4.30. The number of hydrogen-bond acceptors (Lipinski definition) is 3. The maximum atomic E-state index is 5.37. The molecule has 2 aliphatic rings. The van der Waals surface area contributed by atoms with Gasteiger partial charge in [-0.15, -0.1) is 0 Å². The Balaban J connectivity index is 1.69. The van der Waals surface area contributed by atoms with Crippen molar-refractivity contribution in [3.05, 3.63) is 0 Å². The van der Waals surface area contributed by atoms with Crippen molar-refractivity contribution in [3.8, 4) is 0 Å². The molecule has 1 heterocycles. The van der Waals surface area contributed by atoms with E-state index < -0.39 is 0 Å². The highest BCUT2D eigenvalue weighted by Gasteiger charge is 2.24. The van der Waals surface area contributed by atoms with Crippen LogP contribution >= 0.6 is 0 Å². The van der Waals surface area contributed by atoms with Crippen LogP contribution in [0.3, 0.4) is 0 Å². The van der Waals surface area contributed by atoms with Gasteiger partial charge in [0.15, 0.2) is 0 Å². The first-order valence-electron chi connectivity index (χ1n) is 4.30. The molecule has 1 fully saturated rings. The summed E-state index contributed by atoms with van der Waals surface area (Å²) in [6.45, 7) is 0.707. The molecule has 2 N–H and O–H groups in total. The van der Waals surface area contributed by atoms with Gasteiger partial charge in [0.05, 0.1) is 6.04 Å². The van der Waals surface area contributed by atoms with Gasteiger partial charge in [-0.1, -0.05) is 12.8 Å². The summed E-state index contributed by atoms with van der Waals surface area (Å²) >= 11 is 0. The maximum absolute atomic E-state index is 5.37. The largest absolute Gasteiger partial charge is 0.463 e. The van der Waals surface area contributed by atoms with Crippen molar-refractivity contribution in [2.75, 3.05) is 6.61 Å². The average Bonchev–Trinajstić information content (AvgIpc) is 2.72. The summed E-state index contributed by atoms with van der Waals surface area (Å²) in [7, 11) is 0. The SMILES string of the molecule is NC1=NC(CCC2CC2)CO1. The van der Waals surface area contributed by atoms with Gasteiger partial charge in [-0.25, -0.2) is 4.99 Å². The molecule has 3 nitrogen and oxygen atoms in total. The molecule has 11 heavy (non-hydrogen) atoms. The zero-order valence-electron chi connectivity index (χ0n) is 6.62. The van der Waals surface area contributed by atoms with E-state index in [4.69, 9.17) is 10.5 Å². The predicted octanol–water partition coefficient (Wildman–Crippen LogP) is 0.890. The van der Waals surface area contributed by atoms with E-state index in [1.165, 1.54) is 19.3 Å². The van der Waals surface area contributed by atoms with Crippen LogP contribution in [0.1, 0.15) is 25.7 Å². The van der Waals surface area contributed by atoms with Crippen molar-refractivity contribution >= 4 is 6.02 Å². The van der Waals surface area contributed by atoms with E-state index in [1.54, 1.807) is 0 Å². The normalized spacial score (nSPS) is 29.8. The first kappa shape index (κ1) is 6.95. The number of hydrogen-bond donors (Lipinski definition) is 1. The third kappa shape index (κ3) is 1.85. The van der Waals surface area contributed by atoms with E-state index in [-0.39, 0.29) is 0 Å². The van der Waals surface area contributed by atoms with Gasteiger partial charge in [0.1, 0.15) is 6.61 Å². The van der Waals surface area contributed by atoms with Gasteiger partial charge in [-0.05, 0) is 18.8 Å². The van der Waals surface area contributed by atoms with E-state index in [0.29, 0.717) is 18.7 Å². The van der Waals surface area contributed by atoms with Crippen molar-refractivity contribution < 1.29 is 4.74 Å². The van der Waals surface area contributed by atoms with Crippen LogP contribution in [0.2, 0.25) is 0 Å². The minimum absolute atomic E-state index is 0.357. The fourth-order valence-corrected chi connectivity index (χ4v) is 1.42. The lowest BCUT2D eigenvalue weighted by atomic mass is 10.1. The molecular weight excluding hydrogens is 140 g/mol. The molecule has 1 saturated carbocycles. The topological polar surface area (TPSA) is 47.6 Å². The minimum Gasteiger partial charge on any atom is -0.463 e. The molecule has 2 rings (SSSR count). The Kier molecular flexibility index (Phi) is 1.72. The van der Waals surface area contributed by atoms with Crippen LogP contribution in [0, 0.1) is 5.92 Å². The molecule has 1 aliphatic heterocycles. The van der Waals surface area contributed by atoms with Crippen molar-refractivity contribution in [2.24, 2.45) is 16.6 Å². The summed E-state index contributed by atoms with van der Waals surface area (Å²) in [6, 6.07) is 0.737. The Morgan fingerprint density at radius 1 is 1.45 bits per heavy atom. The van der Waals surface area contributed by atoms with Crippen LogP contribution in [0.25, 0.3) is 0 Å². The Labute approximate surface area is 66.6 Å². The summed E-state index contributed by atoms with van der Waals surface area (Å²) < 4.78 is 5.05. The summed E-state index contributed by atoms with van der Waals surface area (Å²) in [5, 5.41) is 0. The van der Waals surface area contributed by atoms with Crippen LogP contribution in [0.4, 0.5) is 0 Å². The van der Waals surface area contributed by atoms with Gasteiger partial charge in [0, 0.05) is 0 Å². The van der Waals surface area contributed by atoms with E-state index in [2.05, 4.69) is 4.99 Å². The zero-order chi connectivity index (χ0) is 7.68. The second-order valence-electron chi connectivity index (χ2n) is 3.45. The third-order valence-electron chi connectivity index (χ3n) is 2.34. The summed E-state index contributed by atoms with van der Waals surface area (Å²) in [6.07, 6.45) is 5.32. The number of ether oxygens (including phenoxy) is 1. The van der Waals surface area contributed by atoms with E-state index in [0.717, 1.165) is 12.3 Å². The molecule has 0 radical (unpaired) electrons. The first-order chi connectivity index (χ1) is 5.34. The molecule has 0 aromatic carbocycles. The highest BCUT2D eigenvalue weighted by Crippen LogP contribution is 2.34. The molecule has 0 aromatic heterocycles. The lowest BCUT2D eigenvalue weighted by Gasteiger charge is -2.01. The fourth-order valence-electron chi connectivity index (χ4n) is 1.42. The summed E-state index contributed by atoms with van der Waals surface area (Å²) in [5.74, 6) is 0.993. The molecule has 1 atom stereocenters. The number of nitrogens with zero attached hydrogens (tertiary/aromatic N) is 1. The zero-order valence-corrected chi connectivity index (χ0v) is 6.62. The molecule has 1 unspecified atom stereocenters. The van der Waals surface area contributed by atoms with E-state index in [1.807, 2.05) is 0 Å². The monoisotopic (exact) mass is 154 g/mol. The summed E-state index contributed by atoms with van der Waals surface area (Å²) in [4.78, 5) is 4.16. The highest BCUT2D eigenvalue weighted by molar-refractivity contribution is 5.72. The van der Waals surface area contributed by atoms with Crippen LogP contribution in [0.5, 0.6) is 0 Å². The van der Waals surface area contributed by atoms with E-state index in [9.17, 15) is 0 Å². The lowest BCUT2D eigenvalue weighted by molar-refractivity contribution is 0.304. The molecule has 3 heteroatoms. The molecule has 0 spiro atoms. The predicted molar refractivity (Wildman–Crippen MR) is 43.3 cm³/mol. The Hall–Kier alpha value is -0.730. The molecule has 0 bridgehead atoms. The van der Waals surface area contributed by atoms with Crippen molar-refractivity contribution in [1.82, 2.24) is 0 Å². The van der Waals surface area contributed by atoms with Gasteiger partial charge in [-0.3, -0.25) is 0 Å². The average molecular weight is 154 g/mol. The van der Waals surface area contributed by atoms with Crippen molar-refractivity contribution in [1.29, 1.82) is 0 Å². The molecule has 0 saturated heterocycles. The van der Waals surface area contributed by atoms with E-state index >= 15 is 0 Å². The molecule has 0 amide bonds. The van der Waals surface area contributed by atoms with Gasteiger partial charge >= 0.3 is 0 Å². The standard InChI is InChI=1S/C8H14N2O/c9-8-10-7(5-11-8)4-3-6-1-2-6/h6-7H,1-5H2,(H2,9,10). The van der Waals surface area contributed by atoms with Crippen molar-refractivity contribution in [3.63, 3.8) is 0 Å².